The second-order valence-corrected chi connectivity index (χ2v) is 7.21. The molecular formula is C17H20N2O3S. The summed E-state index contributed by atoms with van der Waals surface area (Å²) in [7, 11) is -1.59. The predicted octanol–water partition coefficient (Wildman–Crippen LogP) is 2.88. The zero-order valence-electron chi connectivity index (χ0n) is 13.2. The number of nitrogens with zero attached hydrogens (tertiary/aromatic N) is 1. The lowest BCUT2D eigenvalue weighted by Gasteiger charge is -2.14. The van der Waals surface area contributed by atoms with Gasteiger partial charge in [0.2, 0.25) is 0 Å². The van der Waals surface area contributed by atoms with E-state index in [4.69, 9.17) is 4.74 Å². The van der Waals surface area contributed by atoms with Gasteiger partial charge in [0.15, 0.2) is 0 Å². The Labute approximate surface area is 136 Å². The third-order valence-corrected chi connectivity index (χ3v) is 5.31. The number of nitrogens with one attached hydrogen (secondary N) is 1. The van der Waals surface area contributed by atoms with Gasteiger partial charge < -0.3 is 9.64 Å². The van der Waals surface area contributed by atoms with Crippen LogP contribution < -0.4 is 14.4 Å². The summed E-state index contributed by atoms with van der Waals surface area (Å²) in [6, 6.07) is 12.1. The standard InChI is InChI=1S/C17H20N2O3S/c1-3-22-15-6-8-16(9-7-15)23(20,21)18-14-5-4-13-10-11-19(2)17(13)12-14/h4-9,12,18H,3,10-11H2,1-2H3. The summed E-state index contributed by atoms with van der Waals surface area (Å²) in [5.41, 5.74) is 2.90. The number of hydrogen-bond donors (Lipinski definition) is 1. The Hall–Kier alpha value is -2.21. The van der Waals surface area contributed by atoms with Gasteiger partial charge in [0.25, 0.3) is 10.0 Å². The van der Waals surface area contributed by atoms with Crippen LogP contribution in [0.5, 0.6) is 5.75 Å². The van der Waals surface area contributed by atoms with Crippen molar-refractivity contribution < 1.29 is 13.2 Å². The van der Waals surface area contributed by atoms with E-state index < -0.39 is 10.0 Å². The molecular weight excluding hydrogens is 312 g/mol. The summed E-state index contributed by atoms with van der Waals surface area (Å²) in [5.74, 6) is 0.658. The first-order valence-electron chi connectivity index (χ1n) is 7.59. The Bertz CT molecular complexity index is 801. The molecule has 0 saturated carbocycles. The minimum absolute atomic E-state index is 0.217. The minimum Gasteiger partial charge on any atom is -0.494 e. The molecule has 0 aliphatic carbocycles. The summed E-state index contributed by atoms with van der Waals surface area (Å²) in [5, 5.41) is 0. The summed E-state index contributed by atoms with van der Waals surface area (Å²) in [4.78, 5) is 2.35. The fourth-order valence-corrected chi connectivity index (χ4v) is 3.75. The minimum atomic E-state index is -3.60. The van der Waals surface area contributed by atoms with Crippen LogP contribution in [0, 0.1) is 0 Å². The van der Waals surface area contributed by atoms with Gasteiger partial charge in [-0.2, -0.15) is 0 Å². The molecule has 0 aromatic heterocycles. The van der Waals surface area contributed by atoms with Gasteiger partial charge in [-0.05, 0) is 55.3 Å². The van der Waals surface area contributed by atoms with Crippen molar-refractivity contribution >= 4 is 21.4 Å². The van der Waals surface area contributed by atoms with Gasteiger partial charge in [-0.25, -0.2) is 8.42 Å². The van der Waals surface area contributed by atoms with Crippen molar-refractivity contribution in [1.82, 2.24) is 0 Å². The van der Waals surface area contributed by atoms with E-state index in [1.807, 2.05) is 32.2 Å². The Morgan fingerprint density at radius 2 is 1.91 bits per heavy atom. The SMILES string of the molecule is CCOc1ccc(S(=O)(=O)Nc2ccc3c(c2)N(C)CC3)cc1. The summed E-state index contributed by atoms with van der Waals surface area (Å²) >= 11 is 0. The largest absolute Gasteiger partial charge is 0.494 e. The van der Waals surface area contributed by atoms with Crippen LogP contribution in [0.2, 0.25) is 0 Å². The number of fused-ring (bicyclic) bond motifs is 1. The molecule has 0 radical (unpaired) electrons. The van der Waals surface area contributed by atoms with Crippen molar-refractivity contribution in [3.05, 3.63) is 48.0 Å². The number of ether oxygens (including phenoxy) is 1. The van der Waals surface area contributed by atoms with E-state index in [0.29, 0.717) is 18.0 Å². The van der Waals surface area contributed by atoms with Crippen molar-refractivity contribution in [2.45, 2.75) is 18.2 Å². The number of sulfonamides is 1. The second-order valence-electron chi connectivity index (χ2n) is 5.52. The Morgan fingerprint density at radius 3 is 2.61 bits per heavy atom. The molecule has 3 rings (SSSR count). The lowest BCUT2D eigenvalue weighted by molar-refractivity contribution is 0.340. The van der Waals surface area contributed by atoms with Crippen molar-refractivity contribution in [2.24, 2.45) is 0 Å². The Balaban J connectivity index is 1.82. The lowest BCUT2D eigenvalue weighted by atomic mass is 10.1. The summed E-state index contributed by atoms with van der Waals surface area (Å²) in [6.45, 7) is 3.40. The van der Waals surface area contributed by atoms with Crippen LogP contribution in [0.15, 0.2) is 47.4 Å². The zero-order valence-corrected chi connectivity index (χ0v) is 14.1. The van der Waals surface area contributed by atoms with E-state index in [0.717, 1.165) is 18.7 Å². The molecule has 0 spiro atoms. The van der Waals surface area contributed by atoms with Crippen molar-refractivity contribution in [1.29, 1.82) is 0 Å². The van der Waals surface area contributed by atoms with Gasteiger partial charge in [0.05, 0.1) is 17.2 Å². The average Bonchev–Trinajstić information content (AvgIpc) is 2.89. The molecule has 1 aliphatic heterocycles. The first-order valence-corrected chi connectivity index (χ1v) is 9.07. The number of hydrogen-bond acceptors (Lipinski definition) is 4. The van der Waals surface area contributed by atoms with E-state index >= 15 is 0 Å². The lowest BCUT2D eigenvalue weighted by Crippen LogP contribution is -2.14. The highest BCUT2D eigenvalue weighted by molar-refractivity contribution is 7.92. The van der Waals surface area contributed by atoms with E-state index in [1.54, 1.807) is 24.3 Å². The second kappa shape index (κ2) is 6.12. The normalized spacial score (nSPS) is 13.7. The monoisotopic (exact) mass is 332 g/mol. The van der Waals surface area contributed by atoms with Crippen LogP contribution in [-0.4, -0.2) is 28.6 Å². The van der Waals surface area contributed by atoms with Crippen LogP contribution in [-0.2, 0) is 16.4 Å². The topological polar surface area (TPSA) is 58.6 Å². The van der Waals surface area contributed by atoms with Crippen molar-refractivity contribution in [3.8, 4) is 5.75 Å². The first kappa shape index (κ1) is 15.7. The predicted molar refractivity (Wildman–Crippen MR) is 91.8 cm³/mol. The maximum Gasteiger partial charge on any atom is 0.261 e. The molecule has 23 heavy (non-hydrogen) atoms. The number of anilines is 2. The van der Waals surface area contributed by atoms with Gasteiger partial charge in [0, 0.05) is 19.3 Å². The van der Waals surface area contributed by atoms with Gasteiger partial charge in [0.1, 0.15) is 5.75 Å². The molecule has 0 unspecified atom stereocenters. The van der Waals surface area contributed by atoms with Crippen LogP contribution in [0.4, 0.5) is 11.4 Å². The zero-order chi connectivity index (χ0) is 16.4. The number of likely N-dealkylation sites (N-methyl/N-ethyl adjacent to an activating group) is 1. The molecule has 5 nitrogen and oxygen atoms in total. The fourth-order valence-electron chi connectivity index (χ4n) is 2.70. The van der Waals surface area contributed by atoms with Gasteiger partial charge >= 0.3 is 0 Å². The molecule has 0 atom stereocenters. The van der Waals surface area contributed by atoms with Gasteiger partial charge in [-0.3, -0.25) is 4.72 Å². The van der Waals surface area contributed by atoms with Gasteiger partial charge in [-0.15, -0.1) is 0 Å². The molecule has 0 fully saturated rings. The summed E-state index contributed by atoms with van der Waals surface area (Å²) < 4.78 is 32.9. The Morgan fingerprint density at radius 1 is 1.17 bits per heavy atom. The third kappa shape index (κ3) is 3.27. The maximum absolute atomic E-state index is 12.5. The molecule has 1 N–H and O–H groups in total. The van der Waals surface area contributed by atoms with E-state index in [9.17, 15) is 8.42 Å². The molecule has 2 aromatic rings. The summed E-state index contributed by atoms with van der Waals surface area (Å²) in [6.07, 6.45) is 0.998. The van der Waals surface area contributed by atoms with Crippen molar-refractivity contribution in [3.63, 3.8) is 0 Å². The molecule has 0 saturated heterocycles. The highest BCUT2D eigenvalue weighted by Crippen LogP contribution is 2.30. The molecule has 1 aliphatic rings. The molecule has 0 amide bonds. The molecule has 2 aromatic carbocycles. The first-order chi connectivity index (χ1) is 11.0. The number of rotatable bonds is 5. The Kier molecular flexibility index (Phi) is 4.17. The van der Waals surface area contributed by atoms with Crippen LogP contribution in [0.3, 0.4) is 0 Å². The van der Waals surface area contributed by atoms with Crippen LogP contribution in [0.25, 0.3) is 0 Å². The van der Waals surface area contributed by atoms with E-state index in [1.165, 1.54) is 5.56 Å². The van der Waals surface area contributed by atoms with Gasteiger partial charge in [-0.1, -0.05) is 6.07 Å². The highest BCUT2D eigenvalue weighted by atomic mass is 32.2. The maximum atomic E-state index is 12.5. The highest BCUT2D eigenvalue weighted by Gasteiger charge is 2.18. The smallest absolute Gasteiger partial charge is 0.261 e. The quantitative estimate of drug-likeness (QED) is 0.915. The third-order valence-electron chi connectivity index (χ3n) is 3.91. The number of benzene rings is 2. The fraction of sp³-hybridized carbons (Fsp3) is 0.294. The van der Waals surface area contributed by atoms with Crippen LogP contribution in [0.1, 0.15) is 12.5 Å². The molecule has 122 valence electrons. The van der Waals surface area contributed by atoms with E-state index in [-0.39, 0.29) is 4.90 Å². The van der Waals surface area contributed by atoms with E-state index in [2.05, 4.69) is 9.62 Å². The van der Waals surface area contributed by atoms with Crippen molar-refractivity contribution in [2.75, 3.05) is 29.8 Å². The molecule has 0 bridgehead atoms. The molecule has 6 heteroatoms. The average molecular weight is 332 g/mol. The van der Waals surface area contributed by atoms with Crippen LogP contribution >= 0.6 is 0 Å². The molecule has 1 heterocycles.